The molecule has 1 aromatic heterocycles. The van der Waals surface area contributed by atoms with E-state index >= 15 is 0 Å². The minimum absolute atomic E-state index is 0.215. The number of thioether (sulfide) groups is 1. The minimum atomic E-state index is -0.275. The fourth-order valence-corrected chi connectivity index (χ4v) is 2.93. The Bertz CT molecular complexity index is 786. The van der Waals surface area contributed by atoms with E-state index in [1.54, 1.807) is 29.9 Å². The van der Waals surface area contributed by atoms with Gasteiger partial charge in [0.2, 0.25) is 5.91 Å². The van der Waals surface area contributed by atoms with Crippen molar-refractivity contribution in [1.29, 1.82) is 0 Å². The Morgan fingerprint density at radius 1 is 1.32 bits per heavy atom. The molecular formula is C18H17ClN2O3S. The second-order valence-corrected chi connectivity index (χ2v) is 6.93. The zero-order valence-corrected chi connectivity index (χ0v) is 14.9. The third-order valence-electron chi connectivity index (χ3n) is 3.51. The van der Waals surface area contributed by atoms with Gasteiger partial charge in [0, 0.05) is 17.8 Å². The lowest BCUT2D eigenvalue weighted by Gasteiger charge is -2.08. The molecule has 25 heavy (non-hydrogen) atoms. The van der Waals surface area contributed by atoms with E-state index in [2.05, 4.69) is 10.6 Å². The van der Waals surface area contributed by atoms with Crippen molar-refractivity contribution < 1.29 is 14.0 Å². The Balaban J connectivity index is 1.54. The summed E-state index contributed by atoms with van der Waals surface area (Å²) in [4.78, 5) is 24.1. The predicted molar refractivity (Wildman–Crippen MR) is 99.7 cm³/mol. The molecule has 1 aromatic carbocycles. The monoisotopic (exact) mass is 376 g/mol. The van der Waals surface area contributed by atoms with Gasteiger partial charge in [-0.2, -0.15) is 0 Å². The van der Waals surface area contributed by atoms with E-state index in [0.29, 0.717) is 22.0 Å². The topological polar surface area (TPSA) is 71.3 Å². The minimum Gasteiger partial charge on any atom is -0.468 e. The second kappa shape index (κ2) is 8.27. The number of hydrogen-bond donors (Lipinski definition) is 2. The molecule has 130 valence electrons. The SMILES string of the molecule is O=C(C=CSCc1ccco1)Nc1ccc(Cl)c(C(=O)NC2CC2)c1. The second-order valence-electron chi connectivity index (χ2n) is 5.62. The Hall–Kier alpha value is -2.18. The summed E-state index contributed by atoms with van der Waals surface area (Å²) in [5.41, 5.74) is 0.888. The first-order valence-corrected chi connectivity index (χ1v) is 9.26. The molecule has 0 aliphatic heterocycles. The van der Waals surface area contributed by atoms with Crippen molar-refractivity contribution in [3.63, 3.8) is 0 Å². The van der Waals surface area contributed by atoms with E-state index in [-0.39, 0.29) is 17.9 Å². The van der Waals surface area contributed by atoms with Crippen LogP contribution in [0.15, 0.2) is 52.5 Å². The van der Waals surface area contributed by atoms with Gasteiger partial charge in [-0.15, -0.1) is 11.8 Å². The van der Waals surface area contributed by atoms with Crippen LogP contribution in [0.2, 0.25) is 5.02 Å². The molecule has 0 saturated heterocycles. The van der Waals surface area contributed by atoms with Gasteiger partial charge in [-0.05, 0) is 48.6 Å². The lowest BCUT2D eigenvalue weighted by molar-refractivity contribution is -0.111. The van der Waals surface area contributed by atoms with Crippen molar-refractivity contribution >= 4 is 40.9 Å². The maximum Gasteiger partial charge on any atom is 0.253 e. The smallest absolute Gasteiger partial charge is 0.253 e. The highest BCUT2D eigenvalue weighted by Crippen LogP contribution is 2.24. The maximum absolute atomic E-state index is 12.1. The molecule has 2 aromatic rings. The molecule has 3 rings (SSSR count). The molecule has 0 spiro atoms. The number of furan rings is 1. The summed E-state index contributed by atoms with van der Waals surface area (Å²) in [5, 5.41) is 7.67. The Morgan fingerprint density at radius 3 is 2.88 bits per heavy atom. The molecular weight excluding hydrogens is 360 g/mol. The van der Waals surface area contributed by atoms with Crippen LogP contribution >= 0.6 is 23.4 Å². The zero-order chi connectivity index (χ0) is 17.6. The van der Waals surface area contributed by atoms with Crippen LogP contribution in [0.25, 0.3) is 0 Å². The van der Waals surface area contributed by atoms with E-state index in [0.717, 1.165) is 18.6 Å². The predicted octanol–water partition coefficient (Wildman–Crippen LogP) is 4.21. The Labute approximate surface area is 154 Å². The molecule has 2 amide bonds. The summed E-state index contributed by atoms with van der Waals surface area (Å²) in [5.74, 6) is 1.01. The normalized spacial score (nSPS) is 13.8. The average Bonchev–Trinajstić information content (AvgIpc) is 3.24. The van der Waals surface area contributed by atoms with Gasteiger partial charge in [0.1, 0.15) is 5.76 Å². The third-order valence-corrected chi connectivity index (χ3v) is 4.62. The molecule has 7 heteroatoms. The van der Waals surface area contributed by atoms with E-state index in [1.165, 1.54) is 17.8 Å². The molecule has 1 heterocycles. The molecule has 1 fully saturated rings. The van der Waals surface area contributed by atoms with Crippen LogP contribution in [0, 0.1) is 0 Å². The van der Waals surface area contributed by atoms with Crippen molar-refractivity contribution in [3.8, 4) is 0 Å². The number of halogens is 1. The number of rotatable bonds is 7. The highest BCUT2D eigenvalue weighted by molar-refractivity contribution is 8.01. The Kier molecular flexibility index (Phi) is 5.83. The van der Waals surface area contributed by atoms with Crippen molar-refractivity contribution in [2.45, 2.75) is 24.6 Å². The van der Waals surface area contributed by atoms with E-state index < -0.39 is 0 Å². The first-order valence-electron chi connectivity index (χ1n) is 7.84. The fourth-order valence-electron chi connectivity index (χ4n) is 2.09. The Morgan fingerprint density at radius 2 is 2.16 bits per heavy atom. The number of hydrogen-bond acceptors (Lipinski definition) is 4. The lowest BCUT2D eigenvalue weighted by Crippen LogP contribution is -2.25. The van der Waals surface area contributed by atoms with Gasteiger partial charge in [0.15, 0.2) is 0 Å². The van der Waals surface area contributed by atoms with Gasteiger partial charge in [0.25, 0.3) is 5.91 Å². The number of carbonyl (C=O) groups is 2. The van der Waals surface area contributed by atoms with Crippen LogP contribution in [0.5, 0.6) is 0 Å². The van der Waals surface area contributed by atoms with Crippen molar-refractivity contribution in [2.24, 2.45) is 0 Å². The standard InChI is InChI=1S/C18H17ClN2O3S/c19-16-6-5-13(10-15(16)18(23)21-12-3-4-12)20-17(22)7-9-25-11-14-2-1-8-24-14/h1-2,5-10,12H,3-4,11H2,(H,20,22)(H,21,23). The summed E-state index contributed by atoms with van der Waals surface area (Å²) in [7, 11) is 0. The lowest BCUT2D eigenvalue weighted by atomic mass is 10.2. The molecule has 1 aliphatic rings. The van der Waals surface area contributed by atoms with Crippen LogP contribution in [0.4, 0.5) is 5.69 Å². The molecule has 1 aliphatic carbocycles. The van der Waals surface area contributed by atoms with Gasteiger partial charge in [-0.25, -0.2) is 0 Å². The van der Waals surface area contributed by atoms with Crippen LogP contribution < -0.4 is 10.6 Å². The van der Waals surface area contributed by atoms with Crippen LogP contribution in [0.3, 0.4) is 0 Å². The first kappa shape index (κ1) is 17.6. The third kappa shape index (κ3) is 5.41. The van der Waals surface area contributed by atoms with Crippen molar-refractivity contribution in [3.05, 3.63) is 64.4 Å². The van der Waals surface area contributed by atoms with Crippen LogP contribution in [-0.4, -0.2) is 17.9 Å². The van der Waals surface area contributed by atoms with Gasteiger partial charge in [0.05, 0.1) is 22.6 Å². The zero-order valence-electron chi connectivity index (χ0n) is 13.3. The summed E-state index contributed by atoms with van der Waals surface area (Å²) in [6.07, 6.45) is 5.05. The van der Waals surface area contributed by atoms with Gasteiger partial charge in [-0.1, -0.05) is 11.6 Å². The van der Waals surface area contributed by atoms with E-state index in [9.17, 15) is 9.59 Å². The van der Waals surface area contributed by atoms with E-state index in [4.69, 9.17) is 16.0 Å². The van der Waals surface area contributed by atoms with Crippen LogP contribution in [0.1, 0.15) is 29.0 Å². The number of carbonyl (C=O) groups excluding carboxylic acids is 2. The summed E-state index contributed by atoms with van der Waals surface area (Å²) in [6.45, 7) is 0. The first-order chi connectivity index (χ1) is 12.1. The molecule has 0 bridgehead atoms. The number of benzene rings is 1. The number of anilines is 1. The van der Waals surface area contributed by atoms with Crippen molar-refractivity contribution in [1.82, 2.24) is 5.32 Å². The molecule has 0 atom stereocenters. The quantitative estimate of drug-likeness (QED) is 0.710. The summed E-state index contributed by atoms with van der Waals surface area (Å²) in [6, 6.07) is 8.80. The molecule has 2 N–H and O–H groups in total. The maximum atomic E-state index is 12.1. The van der Waals surface area contributed by atoms with E-state index in [1.807, 2.05) is 12.1 Å². The largest absolute Gasteiger partial charge is 0.468 e. The summed E-state index contributed by atoms with van der Waals surface area (Å²) < 4.78 is 5.21. The molecule has 0 unspecified atom stereocenters. The fraction of sp³-hybridized carbons (Fsp3) is 0.222. The number of nitrogens with one attached hydrogen (secondary N) is 2. The van der Waals surface area contributed by atoms with Crippen LogP contribution in [-0.2, 0) is 10.5 Å². The molecule has 0 radical (unpaired) electrons. The van der Waals surface area contributed by atoms with Gasteiger partial charge >= 0.3 is 0 Å². The highest BCUT2D eigenvalue weighted by Gasteiger charge is 2.24. The summed E-state index contributed by atoms with van der Waals surface area (Å²) >= 11 is 7.54. The highest BCUT2D eigenvalue weighted by atomic mass is 35.5. The average molecular weight is 377 g/mol. The molecule has 5 nitrogen and oxygen atoms in total. The van der Waals surface area contributed by atoms with Gasteiger partial charge in [-0.3, -0.25) is 9.59 Å². The number of amides is 2. The van der Waals surface area contributed by atoms with Crippen molar-refractivity contribution in [2.75, 3.05) is 5.32 Å². The van der Waals surface area contributed by atoms with Gasteiger partial charge < -0.3 is 15.1 Å². The molecule has 1 saturated carbocycles.